The number of aryl methyl sites for hydroxylation is 2. The van der Waals surface area contributed by atoms with Gasteiger partial charge in [0.1, 0.15) is 10.7 Å². The summed E-state index contributed by atoms with van der Waals surface area (Å²) in [5.41, 5.74) is 1.42. The van der Waals surface area contributed by atoms with Crippen LogP contribution in [-0.2, 0) is 23.6 Å². The van der Waals surface area contributed by atoms with Crippen LogP contribution < -0.4 is 0 Å². The van der Waals surface area contributed by atoms with E-state index in [2.05, 4.69) is 10.2 Å². The maximum Gasteiger partial charge on any atom is 0.247 e. The zero-order valence-electron chi connectivity index (χ0n) is 16.4. The molecule has 0 spiro atoms. The smallest absolute Gasteiger partial charge is 0.247 e. The van der Waals surface area contributed by atoms with Crippen LogP contribution in [0, 0.1) is 12.8 Å². The molecule has 3 aromatic rings. The van der Waals surface area contributed by atoms with Crippen molar-refractivity contribution in [2.45, 2.75) is 38.3 Å². The molecule has 9 heteroatoms. The van der Waals surface area contributed by atoms with Gasteiger partial charge in [-0.15, -0.1) is 0 Å². The van der Waals surface area contributed by atoms with Crippen molar-refractivity contribution in [2.75, 3.05) is 6.54 Å². The quantitative estimate of drug-likeness (QED) is 0.671. The number of sulfonamides is 1. The molecule has 1 aliphatic rings. The summed E-state index contributed by atoms with van der Waals surface area (Å²) >= 11 is 0. The lowest BCUT2D eigenvalue weighted by Gasteiger charge is -2.36. The van der Waals surface area contributed by atoms with Crippen molar-refractivity contribution in [1.29, 1.82) is 0 Å². The molecule has 0 fully saturated rings. The molecule has 1 aromatic carbocycles. The lowest BCUT2D eigenvalue weighted by atomic mass is 10.0. The SMILES string of the molecule is Cc1nn(C)cc1S(=O)(=O)N1CCn2nc(-c3ccccc3)nc2[C@@H]1C(C)C. The van der Waals surface area contributed by atoms with Crippen LogP contribution >= 0.6 is 0 Å². The molecule has 8 nitrogen and oxygen atoms in total. The van der Waals surface area contributed by atoms with Gasteiger partial charge in [-0.2, -0.15) is 14.5 Å². The lowest BCUT2D eigenvalue weighted by Crippen LogP contribution is -2.44. The summed E-state index contributed by atoms with van der Waals surface area (Å²) in [6.07, 6.45) is 1.57. The van der Waals surface area contributed by atoms with Crippen molar-refractivity contribution in [3.63, 3.8) is 0 Å². The molecule has 148 valence electrons. The van der Waals surface area contributed by atoms with Crippen molar-refractivity contribution in [2.24, 2.45) is 13.0 Å². The number of benzene rings is 1. The summed E-state index contributed by atoms with van der Waals surface area (Å²) in [7, 11) is -1.97. The number of nitrogens with zero attached hydrogens (tertiary/aromatic N) is 6. The van der Waals surface area contributed by atoms with Gasteiger partial charge in [-0.25, -0.2) is 18.1 Å². The van der Waals surface area contributed by atoms with E-state index in [-0.39, 0.29) is 16.9 Å². The molecule has 0 saturated heterocycles. The molecule has 28 heavy (non-hydrogen) atoms. The van der Waals surface area contributed by atoms with Crippen LogP contribution in [0.2, 0.25) is 0 Å². The van der Waals surface area contributed by atoms with Crippen molar-refractivity contribution in [3.8, 4) is 11.4 Å². The van der Waals surface area contributed by atoms with E-state index in [0.717, 1.165) is 5.56 Å². The first-order valence-corrected chi connectivity index (χ1v) is 10.8. The molecule has 1 atom stereocenters. The van der Waals surface area contributed by atoms with Crippen LogP contribution in [0.4, 0.5) is 0 Å². The first-order chi connectivity index (χ1) is 13.3. The number of hydrogen-bond acceptors (Lipinski definition) is 5. The fourth-order valence-corrected chi connectivity index (χ4v) is 5.68. The Morgan fingerprint density at radius 1 is 1.11 bits per heavy atom. The summed E-state index contributed by atoms with van der Waals surface area (Å²) in [6.45, 7) is 6.56. The van der Waals surface area contributed by atoms with Gasteiger partial charge in [0.2, 0.25) is 10.0 Å². The maximum absolute atomic E-state index is 13.4. The van der Waals surface area contributed by atoms with E-state index in [0.29, 0.717) is 30.4 Å². The molecular formula is C19H24N6O2S. The molecule has 0 amide bonds. The second-order valence-corrected chi connectivity index (χ2v) is 9.30. The highest BCUT2D eigenvalue weighted by molar-refractivity contribution is 7.89. The third-order valence-corrected chi connectivity index (χ3v) is 7.01. The number of hydrogen-bond donors (Lipinski definition) is 0. The highest BCUT2D eigenvalue weighted by atomic mass is 32.2. The van der Waals surface area contributed by atoms with Gasteiger partial charge in [-0.3, -0.25) is 4.68 Å². The standard InChI is InChI=1S/C19H24N6O2S/c1-13(2)17-19-20-18(15-8-6-5-7-9-15)22-24(19)10-11-25(17)28(26,27)16-12-23(4)21-14(16)3/h5-9,12-13,17H,10-11H2,1-4H3/t17-/m0/s1. The molecule has 0 aliphatic carbocycles. The zero-order chi connectivity index (χ0) is 20.1. The van der Waals surface area contributed by atoms with E-state index < -0.39 is 10.0 Å². The van der Waals surface area contributed by atoms with Crippen molar-refractivity contribution in [1.82, 2.24) is 28.9 Å². The number of rotatable bonds is 4. The summed E-state index contributed by atoms with van der Waals surface area (Å²) in [5, 5.41) is 8.84. The van der Waals surface area contributed by atoms with E-state index in [1.54, 1.807) is 24.5 Å². The Morgan fingerprint density at radius 3 is 2.43 bits per heavy atom. The van der Waals surface area contributed by atoms with E-state index in [1.165, 1.54) is 4.68 Å². The fourth-order valence-electron chi connectivity index (χ4n) is 3.77. The lowest BCUT2D eigenvalue weighted by molar-refractivity contribution is 0.202. The Kier molecular flexibility index (Phi) is 4.59. The van der Waals surface area contributed by atoms with Crippen molar-refractivity contribution < 1.29 is 8.42 Å². The normalized spacial score (nSPS) is 17.8. The summed E-state index contributed by atoms with van der Waals surface area (Å²) in [4.78, 5) is 4.98. The van der Waals surface area contributed by atoms with Crippen LogP contribution in [0.1, 0.15) is 31.4 Å². The number of fused-ring (bicyclic) bond motifs is 1. The summed E-state index contributed by atoms with van der Waals surface area (Å²) < 4.78 is 31.8. The maximum atomic E-state index is 13.4. The van der Waals surface area contributed by atoms with Crippen LogP contribution in [0.25, 0.3) is 11.4 Å². The van der Waals surface area contributed by atoms with Gasteiger partial charge in [0.05, 0.1) is 18.3 Å². The molecule has 0 N–H and O–H groups in total. The van der Waals surface area contributed by atoms with Gasteiger partial charge in [0, 0.05) is 25.4 Å². The second kappa shape index (κ2) is 6.82. The Hall–Kier alpha value is -2.52. The molecule has 0 unspecified atom stereocenters. The summed E-state index contributed by atoms with van der Waals surface area (Å²) in [6, 6.07) is 9.36. The predicted octanol–water partition coefficient (Wildman–Crippen LogP) is 2.39. The van der Waals surface area contributed by atoms with Gasteiger partial charge >= 0.3 is 0 Å². The minimum Gasteiger partial charge on any atom is -0.274 e. The third kappa shape index (κ3) is 3.04. The summed E-state index contributed by atoms with van der Waals surface area (Å²) in [5.74, 6) is 1.35. The second-order valence-electron chi connectivity index (χ2n) is 7.44. The molecule has 0 saturated carbocycles. The molecule has 2 aromatic heterocycles. The third-order valence-electron chi connectivity index (χ3n) is 5.03. The average Bonchev–Trinajstić information content (AvgIpc) is 3.24. The van der Waals surface area contributed by atoms with Crippen molar-refractivity contribution in [3.05, 3.63) is 48.0 Å². The highest BCUT2D eigenvalue weighted by Crippen LogP contribution is 2.36. The zero-order valence-corrected chi connectivity index (χ0v) is 17.3. The van der Waals surface area contributed by atoms with Gasteiger partial charge in [0.15, 0.2) is 5.82 Å². The van der Waals surface area contributed by atoms with Gasteiger partial charge < -0.3 is 0 Å². The largest absolute Gasteiger partial charge is 0.274 e. The minimum absolute atomic E-state index is 0.0404. The Morgan fingerprint density at radius 2 is 1.82 bits per heavy atom. The Labute approximate surface area is 164 Å². The molecule has 3 heterocycles. The minimum atomic E-state index is -3.70. The first kappa shape index (κ1) is 18.8. The van der Waals surface area contributed by atoms with E-state index in [1.807, 2.05) is 48.9 Å². The highest BCUT2D eigenvalue weighted by Gasteiger charge is 2.41. The first-order valence-electron chi connectivity index (χ1n) is 9.31. The van der Waals surface area contributed by atoms with E-state index in [9.17, 15) is 8.42 Å². The topological polar surface area (TPSA) is 85.9 Å². The van der Waals surface area contributed by atoms with Crippen LogP contribution in [0.15, 0.2) is 41.4 Å². The monoisotopic (exact) mass is 400 g/mol. The molecule has 4 rings (SSSR count). The molecule has 0 bridgehead atoms. The molecule has 1 aliphatic heterocycles. The van der Waals surface area contributed by atoms with Gasteiger partial charge in [-0.1, -0.05) is 44.2 Å². The Balaban J connectivity index is 1.79. The van der Waals surface area contributed by atoms with E-state index in [4.69, 9.17) is 4.98 Å². The average molecular weight is 401 g/mol. The Bertz CT molecular complexity index is 1100. The fraction of sp³-hybridized carbons (Fsp3) is 0.421. The van der Waals surface area contributed by atoms with Gasteiger partial charge in [-0.05, 0) is 12.8 Å². The van der Waals surface area contributed by atoms with Crippen LogP contribution in [0.5, 0.6) is 0 Å². The van der Waals surface area contributed by atoms with E-state index >= 15 is 0 Å². The van der Waals surface area contributed by atoms with Gasteiger partial charge in [0.25, 0.3) is 0 Å². The molecule has 0 radical (unpaired) electrons. The number of aromatic nitrogens is 5. The molecular weight excluding hydrogens is 376 g/mol. The van der Waals surface area contributed by atoms with Crippen molar-refractivity contribution >= 4 is 10.0 Å². The van der Waals surface area contributed by atoms with Crippen LogP contribution in [-0.4, -0.2) is 43.8 Å². The predicted molar refractivity (Wildman–Crippen MR) is 105 cm³/mol. The van der Waals surface area contributed by atoms with Crippen LogP contribution in [0.3, 0.4) is 0 Å².